The van der Waals surface area contributed by atoms with E-state index >= 15 is 0 Å². The van der Waals surface area contributed by atoms with Crippen LogP contribution in [0.15, 0.2) is 18.2 Å². The number of methoxy groups -OCH3 is 1. The lowest BCUT2D eigenvalue weighted by Crippen LogP contribution is -2.30. The minimum Gasteiger partial charge on any atom is -0.495 e. The summed E-state index contributed by atoms with van der Waals surface area (Å²) in [5.41, 5.74) is 7.94. The molecule has 1 fully saturated rings. The van der Waals surface area contributed by atoms with Gasteiger partial charge >= 0.3 is 0 Å². The highest BCUT2D eigenvalue weighted by molar-refractivity contribution is 5.74. The first-order chi connectivity index (χ1) is 7.33. The summed E-state index contributed by atoms with van der Waals surface area (Å²) in [6.45, 7) is 2.22. The van der Waals surface area contributed by atoms with E-state index in [4.69, 9.17) is 10.5 Å². The lowest BCUT2D eigenvalue weighted by Gasteiger charge is -2.30. The quantitative estimate of drug-likeness (QED) is 0.754. The summed E-state index contributed by atoms with van der Waals surface area (Å²) in [4.78, 5) is 2.35. The first-order valence-electron chi connectivity index (χ1n) is 5.50. The van der Waals surface area contributed by atoms with Crippen LogP contribution in [0.3, 0.4) is 0 Å². The highest BCUT2D eigenvalue weighted by Crippen LogP contribution is 2.33. The van der Waals surface area contributed by atoms with Gasteiger partial charge in [0.05, 0.1) is 18.5 Å². The Bertz CT molecular complexity index is 332. The second kappa shape index (κ2) is 4.43. The van der Waals surface area contributed by atoms with E-state index in [1.807, 2.05) is 12.1 Å². The van der Waals surface area contributed by atoms with E-state index in [0.717, 1.165) is 30.2 Å². The van der Waals surface area contributed by atoms with E-state index < -0.39 is 0 Å². The lowest BCUT2D eigenvalue weighted by molar-refractivity contribution is 0.417. The number of para-hydroxylation sites is 1. The van der Waals surface area contributed by atoms with Gasteiger partial charge in [0.25, 0.3) is 0 Å². The standard InChI is InChI=1S/C12H18N2O/c1-15-11-7-5-6-10(12(11)13)14-8-3-2-4-9-14/h5-7H,2-4,8-9,13H2,1H3. The van der Waals surface area contributed by atoms with Gasteiger partial charge in [0, 0.05) is 13.1 Å². The number of benzene rings is 1. The molecule has 1 aliphatic heterocycles. The number of nitrogens with zero attached hydrogens (tertiary/aromatic N) is 1. The Morgan fingerprint density at radius 3 is 2.60 bits per heavy atom. The smallest absolute Gasteiger partial charge is 0.143 e. The zero-order valence-corrected chi connectivity index (χ0v) is 9.20. The molecule has 0 radical (unpaired) electrons. The SMILES string of the molecule is COc1cccc(N2CCCCC2)c1N. The van der Waals surface area contributed by atoms with Crippen LogP contribution in [0.5, 0.6) is 5.75 Å². The summed E-state index contributed by atoms with van der Waals surface area (Å²) in [6.07, 6.45) is 3.85. The predicted octanol–water partition coefficient (Wildman–Crippen LogP) is 2.27. The Morgan fingerprint density at radius 2 is 1.93 bits per heavy atom. The molecule has 0 aromatic heterocycles. The minimum absolute atomic E-state index is 0.766. The molecule has 1 saturated heterocycles. The summed E-state index contributed by atoms with van der Waals surface area (Å²) in [5, 5.41) is 0. The summed E-state index contributed by atoms with van der Waals surface area (Å²) in [7, 11) is 1.66. The number of nitrogens with two attached hydrogens (primary N) is 1. The van der Waals surface area contributed by atoms with Crippen molar-refractivity contribution in [1.82, 2.24) is 0 Å². The second-order valence-corrected chi connectivity index (χ2v) is 3.94. The molecule has 0 saturated carbocycles. The number of nitrogen functional groups attached to an aromatic ring is 1. The normalized spacial score (nSPS) is 16.5. The van der Waals surface area contributed by atoms with E-state index in [-0.39, 0.29) is 0 Å². The fourth-order valence-electron chi connectivity index (χ4n) is 2.12. The Labute approximate surface area is 90.8 Å². The van der Waals surface area contributed by atoms with Crippen LogP contribution in [0.2, 0.25) is 0 Å². The monoisotopic (exact) mass is 206 g/mol. The van der Waals surface area contributed by atoms with Crippen molar-refractivity contribution in [2.45, 2.75) is 19.3 Å². The van der Waals surface area contributed by atoms with Crippen molar-refractivity contribution in [2.75, 3.05) is 30.8 Å². The zero-order chi connectivity index (χ0) is 10.7. The molecule has 1 heterocycles. The molecule has 3 nitrogen and oxygen atoms in total. The molecule has 1 aliphatic rings. The van der Waals surface area contributed by atoms with Crippen molar-refractivity contribution in [1.29, 1.82) is 0 Å². The topological polar surface area (TPSA) is 38.5 Å². The molecule has 15 heavy (non-hydrogen) atoms. The number of piperidine rings is 1. The van der Waals surface area contributed by atoms with E-state index in [2.05, 4.69) is 11.0 Å². The van der Waals surface area contributed by atoms with Crippen molar-refractivity contribution in [3.8, 4) is 5.75 Å². The van der Waals surface area contributed by atoms with E-state index in [1.54, 1.807) is 7.11 Å². The highest BCUT2D eigenvalue weighted by Gasteiger charge is 2.14. The molecule has 82 valence electrons. The number of rotatable bonds is 2. The van der Waals surface area contributed by atoms with Crippen LogP contribution in [0.4, 0.5) is 11.4 Å². The average Bonchev–Trinajstić information content (AvgIpc) is 2.30. The van der Waals surface area contributed by atoms with E-state index in [9.17, 15) is 0 Å². The third-order valence-electron chi connectivity index (χ3n) is 2.96. The fourth-order valence-corrected chi connectivity index (χ4v) is 2.12. The van der Waals surface area contributed by atoms with Gasteiger partial charge in [-0.1, -0.05) is 6.07 Å². The molecule has 3 heteroatoms. The molecular weight excluding hydrogens is 188 g/mol. The average molecular weight is 206 g/mol. The molecule has 0 atom stereocenters. The minimum atomic E-state index is 0.766. The van der Waals surface area contributed by atoms with Gasteiger partial charge in [0.2, 0.25) is 0 Å². The van der Waals surface area contributed by atoms with Crippen molar-refractivity contribution in [3.05, 3.63) is 18.2 Å². The van der Waals surface area contributed by atoms with Crippen LogP contribution >= 0.6 is 0 Å². The Balaban J connectivity index is 2.26. The first kappa shape index (κ1) is 10.1. The van der Waals surface area contributed by atoms with Crippen LogP contribution in [0.25, 0.3) is 0 Å². The third-order valence-corrected chi connectivity index (χ3v) is 2.96. The van der Waals surface area contributed by atoms with Crippen LogP contribution in [-0.2, 0) is 0 Å². The molecular formula is C12H18N2O. The largest absolute Gasteiger partial charge is 0.495 e. The summed E-state index contributed by atoms with van der Waals surface area (Å²) < 4.78 is 5.22. The van der Waals surface area contributed by atoms with Gasteiger partial charge in [0.1, 0.15) is 5.75 Å². The van der Waals surface area contributed by atoms with Crippen molar-refractivity contribution in [2.24, 2.45) is 0 Å². The summed E-state index contributed by atoms with van der Waals surface area (Å²) in [6, 6.07) is 5.98. The van der Waals surface area contributed by atoms with E-state index in [0.29, 0.717) is 0 Å². The second-order valence-electron chi connectivity index (χ2n) is 3.94. The molecule has 2 rings (SSSR count). The predicted molar refractivity (Wildman–Crippen MR) is 63.5 cm³/mol. The Hall–Kier alpha value is -1.38. The number of anilines is 2. The van der Waals surface area contributed by atoms with Crippen molar-refractivity contribution >= 4 is 11.4 Å². The van der Waals surface area contributed by atoms with Crippen LogP contribution < -0.4 is 15.4 Å². The molecule has 0 bridgehead atoms. The van der Waals surface area contributed by atoms with Gasteiger partial charge in [0.15, 0.2) is 0 Å². The van der Waals surface area contributed by atoms with Crippen LogP contribution in [0.1, 0.15) is 19.3 Å². The number of ether oxygens (including phenoxy) is 1. The van der Waals surface area contributed by atoms with Crippen molar-refractivity contribution in [3.63, 3.8) is 0 Å². The maximum absolute atomic E-state index is 6.06. The fraction of sp³-hybridized carbons (Fsp3) is 0.500. The molecule has 0 amide bonds. The summed E-state index contributed by atoms with van der Waals surface area (Å²) in [5.74, 6) is 0.776. The highest BCUT2D eigenvalue weighted by atomic mass is 16.5. The zero-order valence-electron chi connectivity index (χ0n) is 9.20. The lowest BCUT2D eigenvalue weighted by atomic mass is 10.1. The maximum atomic E-state index is 6.06. The Kier molecular flexibility index (Phi) is 2.99. The van der Waals surface area contributed by atoms with Crippen LogP contribution in [0, 0.1) is 0 Å². The molecule has 0 spiro atoms. The molecule has 0 unspecified atom stereocenters. The Morgan fingerprint density at radius 1 is 1.20 bits per heavy atom. The van der Waals surface area contributed by atoms with Gasteiger partial charge in [-0.15, -0.1) is 0 Å². The summed E-state index contributed by atoms with van der Waals surface area (Å²) >= 11 is 0. The van der Waals surface area contributed by atoms with Gasteiger partial charge in [-0.2, -0.15) is 0 Å². The van der Waals surface area contributed by atoms with Gasteiger partial charge in [-0.3, -0.25) is 0 Å². The maximum Gasteiger partial charge on any atom is 0.143 e. The number of hydrogen-bond acceptors (Lipinski definition) is 3. The molecule has 0 aliphatic carbocycles. The number of hydrogen-bond donors (Lipinski definition) is 1. The van der Waals surface area contributed by atoms with Crippen LogP contribution in [-0.4, -0.2) is 20.2 Å². The van der Waals surface area contributed by atoms with Gasteiger partial charge in [-0.25, -0.2) is 0 Å². The van der Waals surface area contributed by atoms with Gasteiger partial charge < -0.3 is 15.4 Å². The molecule has 1 aromatic carbocycles. The third kappa shape index (κ3) is 2.01. The van der Waals surface area contributed by atoms with Crippen molar-refractivity contribution < 1.29 is 4.74 Å². The molecule has 2 N–H and O–H groups in total. The van der Waals surface area contributed by atoms with E-state index in [1.165, 1.54) is 19.3 Å². The molecule has 1 aromatic rings. The van der Waals surface area contributed by atoms with Gasteiger partial charge in [-0.05, 0) is 31.4 Å². The first-order valence-corrected chi connectivity index (χ1v) is 5.50.